The maximum atomic E-state index is 12.9. The zero-order valence-electron chi connectivity index (χ0n) is 9.14. The molecule has 0 fully saturated rings. The van der Waals surface area contributed by atoms with E-state index >= 15 is 0 Å². The van der Waals surface area contributed by atoms with Crippen LogP contribution in [0.1, 0.15) is 0 Å². The van der Waals surface area contributed by atoms with Gasteiger partial charge in [0.25, 0.3) is 5.88 Å². The molecule has 5 nitrogen and oxygen atoms in total. The lowest BCUT2D eigenvalue weighted by molar-refractivity contribution is -0.386. The van der Waals surface area contributed by atoms with Crippen LogP contribution in [-0.4, -0.2) is 9.91 Å². The van der Waals surface area contributed by atoms with Gasteiger partial charge in [0.05, 0.1) is 9.40 Å². The molecular weight excluding hydrogens is 387 g/mol. The van der Waals surface area contributed by atoms with E-state index in [0.717, 1.165) is 0 Å². The Morgan fingerprint density at radius 1 is 1.32 bits per heavy atom. The van der Waals surface area contributed by atoms with Crippen molar-refractivity contribution in [1.82, 2.24) is 4.98 Å². The quantitative estimate of drug-likeness (QED) is 0.572. The molecule has 0 unspecified atom stereocenters. The zero-order chi connectivity index (χ0) is 14.0. The first kappa shape index (κ1) is 13.9. The molecule has 0 aliphatic rings. The van der Waals surface area contributed by atoms with E-state index in [1.54, 1.807) is 0 Å². The van der Waals surface area contributed by atoms with Gasteiger partial charge in [-0.25, -0.2) is 9.37 Å². The van der Waals surface area contributed by atoms with Gasteiger partial charge in [-0.1, -0.05) is 0 Å². The van der Waals surface area contributed by atoms with Crippen LogP contribution in [-0.2, 0) is 0 Å². The Labute approximate surface area is 123 Å². The fourth-order valence-electron chi connectivity index (χ4n) is 1.29. The van der Waals surface area contributed by atoms with Crippen molar-refractivity contribution in [1.29, 1.82) is 0 Å². The predicted octanol–water partition coefficient (Wildman–Crippen LogP) is 4.45. The number of ether oxygens (including phenoxy) is 1. The summed E-state index contributed by atoms with van der Waals surface area (Å²) in [5.41, 5.74) is -0.286. The highest BCUT2D eigenvalue weighted by Crippen LogP contribution is 2.34. The third-order valence-corrected chi connectivity index (χ3v) is 3.15. The second kappa shape index (κ2) is 5.62. The highest BCUT2D eigenvalue weighted by Gasteiger charge is 2.19. The lowest BCUT2D eigenvalue weighted by Crippen LogP contribution is -1.96. The lowest BCUT2D eigenvalue weighted by Gasteiger charge is -2.07. The third-order valence-electron chi connectivity index (χ3n) is 2.10. The van der Waals surface area contributed by atoms with E-state index in [2.05, 4.69) is 36.8 Å². The number of hydrogen-bond donors (Lipinski definition) is 0. The molecule has 0 aliphatic heterocycles. The van der Waals surface area contributed by atoms with Gasteiger partial charge < -0.3 is 4.74 Å². The minimum absolute atomic E-state index is 0.166. The highest BCUT2D eigenvalue weighted by molar-refractivity contribution is 9.10. The van der Waals surface area contributed by atoms with E-state index in [4.69, 9.17) is 4.74 Å². The molecule has 1 aromatic carbocycles. The molecule has 19 heavy (non-hydrogen) atoms. The molecule has 1 heterocycles. The van der Waals surface area contributed by atoms with Gasteiger partial charge in [0.1, 0.15) is 11.6 Å². The van der Waals surface area contributed by atoms with Gasteiger partial charge in [-0.15, -0.1) is 0 Å². The van der Waals surface area contributed by atoms with E-state index in [0.29, 0.717) is 8.95 Å². The molecule has 0 bridgehead atoms. The number of halogens is 3. The minimum atomic E-state index is -0.607. The topological polar surface area (TPSA) is 65.3 Å². The Morgan fingerprint density at radius 3 is 2.68 bits per heavy atom. The molecule has 0 radical (unpaired) electrons. The molecule has 2 rings (SSSR count). The number of nitro groups is 1. The van der Waals surface area contributed by atoms with Crippen LogP contribution in [0, 0.1) is 15.9 Å². The van der Waals surface area contributed by atoms with Crippen molar-refractivity contribution in [2.75, 3.05) is 0 Å². The molecule has 0 N–H and O–H groups in total. The summed E-state index contributed by atoms with van der Waals surface area (Å²) in [4.78, 5) is 14.1. The van der Waals surface area contributed by atoms with Gasteiger partial charge in [0.2, 0.25) is 0 Å². The molecule has 8 heteroatoms. The second-order valence-corrected chi connectivity index (χ2v) is 5.18. The van der Waals surface area contributed by atoms with Crippen LogP contribution in [0.15, 0.2) is 39.4 Å². The lowest BCUT2D eigenvalue weighted by atomic mass is 10.3. The molecule has 0 aliphatic carbocycles. The summed E-state index contributed by atoms with van der Waals surface area (Å²) < 4.78 is 19.1. The largest absolute Gasteiger partial charge is 0.432 e. The Morgan fingerprint density at radius 2 is 2.05 bits per heavy atom. The van der Waals surface area contributed by atoms with Crippen LogP contribution in [0.25, 0.3) is 0 Å². The molecule has 0 saturated carbocycles. The summed E-state index contributed by atoms with van der Waals surface area (Å²) in [6.07, 6.45) is 1.37. The first-order valence-electron chi connectivity index (χ1n) is 4.90. The Kier molecular flexibility index (Phi) is 4.11. The molecule has 0 atom stereocenters. The van der Waals surface area contributed by atoms with Gasteiger partial charge >= 0.3 is 5.69 Å². The van der Waals surface area contributed by atoms with Gasteiger partial charge in [-0.3, -0.25) is 10.1 Å². The van der Waals surface area contributed by atoms with Crippen LogP contribution < -0.4 is 4.74 Å². The van der Waals surface area contributed by atoms with Crippen molar-refractivity contribution in [3.63, 3.8) is 0 Å². The van der Waals surface area contributed by atoms with Crippen molar-refractivity contribution in [3.8, 4) is 11.6 Å². The van der Waals surface area contributed by atoms with E-state index in [1.807, 2.05) is 0 Å². The molecule has 1 aromatic heterocycles. The predicted molar refractivity (Wildman–Crippen MR) is 72.8 cm³/mol. The number of aromatic nitrogens is 1. The van der Waals surface area contributed by atoms with Crippen molar-refractivity contribution >= 4 is 37.5 Å². The van der Waals surface area contributed by atoms with Gasteiger partial charge in [0, 0.05) is 16.7 Å². The Bertz CT molecular complexity index is 652. The smallest absolute Gasteiger partial charge is 0.332 e. The second-order valence-electron chi connectivity index (χ2n) is 3.41. The third kappa shape index (κ3) is 3.27. The molecule has 2 aromatic rings. The summed E-state index contributed by atoms with van der Waals surface area (Å²) in [5, 5.41) is 10.9. The van der Waals surface area contributed by atoms with Gasteiger partial charge in [0.15, 0.2) is 0 Å². The molecule has 0 saturated heterocycles. The van der Waals surface area contributed by atoms with Crippen molar-refractivity contribution < 1.29 is 14.1 Å². The van der Waals surface area contributed by atoms with Crippen LogP contribution in [0.5, 0.6) is 11.6 Å². The minimum Gasteiger partial charge on any atom is -0.432 e. The van der Waals surface area contributed by atoms with Crippen molar-refractivity contribution in [2.24, 2.45) is 0 Å². The first-order chi connectivity index (χ1) is 8.97. The van der Waals surface area contributed by atoms with E-state index in [9.17, 15) is 14.5 Å². The van der Waals surface area contributed by atoms with E-state index in [1.165, 1.54) is 30.5 Å². The normalized spacial score (nSPS) is 10.3. The van der Waals surface area contributed by atoms with E-state index < -0.39 is 10.7 Å². The van der Waals surface area contributed by atoms with Gasteiger partial charge in [-0.05, 0) is 50.1 Å². The number of rotatable bonds is 3. The summed E-state index contributed by atoms with van der Waals surface area (Å²) in [6.45, 7) is 0. The van der Waals surface area contributed by atoms with Crippen LogP contribution >= 0.6 is 31.9 Å². The maximum Gasteiger partial charge on any atom is 0.332 e. The van der Waals surface area contributed by atoms with Crippen LogP contribution in [0.2, 0.25) is 0 Å². The van der Waals surface area contributed by atoms with Crippen LogP contribution in [0.3, 0.4) is 0 Å². The summed E-state index contributed by atoms with van der Waals surface area (Å²) in [5.74, 6) is -0.377. The summed E-state index contributed by atoms with van der Waals surface area (Å²) in [7, 11) is 0. The highest BCUT2D eigenvalue weighted by atomic mass is 79.9. The fraction of sp³-hybridized carbons (Fsp3) is 0. The molecule has 98 valence electrons. The number of hydrogen-bond acceptors (Lipinski definition) is 4. The summed E-state index contributed by atoms with van der Waals surface area (Å²) >= 11 is 6.20. The Hall–Kier alpha value is -1.54. The molecule has 0 amide bonds. The zero-order valence-corrected chi connectivity index (χ0v) is 12.3. The van der Waals surface area contributed by atoms with E-state index in [-0.39, 0.29) is 17.3 Å². The molecule has 0 spiro atoms. The van der Waals surface area contributed by atoms with Crippen LogP contribution in [0.4, 0.5) is 10.1 Å². The fourth-order valence-corrected chi connectivity index (χ4v) is 2.04. The summed E-state index contributed by atoms with van der Waals surface area (Å²) in [6, 6.07) is 5.01. The van der Waals surface area contributed by atoms with Crippen molar-refractivity contribution in [3.05, 3.63) is 55.3 Å². The first-order valence-corrected chi connectivity index (χ1v) is 6.49. The standard InChI is InChI=1S/C11H5Br2FN2O3/c12-6-3-9(16(17)18)11(15-5-6)19-10-2-1-7(14)4-8(10)13/h1-5H. The average Bonchev–Trinajstić information content (AvgIpc) is 2.34. The number of benzene rings is 1. The average molecular weight is 392 g/mol. The SMILES string of the molecule is O=[N+]([O-])c1cc(Br)cnc1Oc1ccc(F)cc1Br. The monoisotopic (exact) mass is 390 g/mol. The Balaban J connectivity index is 2.40. The molecular formula is C11H5Br2FN2O3. The maximum absolute atomic E-state index is 12.9. The number of nitrogens with zero attached hydrogens (tertiary/aromatic N) is 2. The number of pyridine rings is 1. The van der Waals surface area contributed by atoms with Gasteiger partial charge in [-0.2, -0.15) is 0 Å². The van der Waals surface area contributed by atoms with Crippen molar-refractivity contribution in [2.45, 2.75) is 0 Å².